The molecule has 14 atom stereocenters. The molecule has 1 aromatic heterocycles. The molecule has 2 unspecified atom stereocenters. The number of aryl methyl sites for hydroxylation is 1. The van der Waals surface area contributed by atoms with Crippen LogP contribution in [0, 0.1) is 41.4 Å². The number of carboxylic acids is 1. The van der Waals surface area contributed by atoms with Gasteiger partial charge in [0.05, 0.1) is 31.0 Å². The molecular weight excluding hydrogens is 1350 g/mol. The molecule has 1 aromatic rings. The maximum atomic E-state index is 15.8. The molecule has 0 spiro atoms. The highest BCUT2D eigenvalue weighted by atomic mass is 16.5. The van der Waals surface area contributed by atoms with Gasteiger partial charge in [0.1, 0.15) is 72.6 Å². The third-order valence-corrected chi connectivity index (χ3v) is 19.0. The zero-order valence-electron chi connectivity index (χ0n) is 67.1. The first-order valence-corrected chi connectivity index (χ1v) is 36.8. The predicted octanol–water partition coefficient (Wildman–Crippen LogP) is 2.57. The Labute approximate surface area is 622 Å². The molecule has 2 rings (SSSR count). The molecule has 1 aliphatic rings. The van der Waals surface area contributed by atoms with Gasteiger partial charge < -0.3 is 81.0 Å². The van der Waals surface area contributed by atoms with Gasteiger partial charge in [-0.05, 0) is 108 Å². The van der Waals surface area contributed by atoms with Crippen LogP contribution >= 0.6 is 0 Å². The number of amides is 12. The van der Waals surface area contributed by atoms with Crippen molar-refractivity contribution < 1.29 is 77.0 Å². The average molecular weight is 1480 g/mol. The molecule has 0 radical (unpaired) electrons. The zero-order chi connectivity index (χ0) is 80.7. The molecule has 1 aliphatic heterocycles. The summed E-state index contributed by atoms with van der Waals surface area (Å²) in [6, 6.07) is -15.6. The number of imidazole rings is 1. The Morgan fingerprint density at radius 3 is 1.55 bits per heavy atom. The number of hydrogen-bond acceptors (Lipinski definition) is 17. The van der Waals surface area contributed by atoms with Crippen LogP contribution in [-0.2, 0) is 84.8 Å². The van der Waals surface area contributed by atoms with Crippen LogP contribution in [0.1, 0.15) is 175 Å². The van der Waals surface area contributed by atoms with Crippen LogP contribution in [0.2, 0.25) is 0 Å². The van der Waals surface area contributed by atoms with Gasteiger partial charge in [0.25, 0.3) is 0 Å². The third kappa shape index (κ3) is 27.1. The van der Waals surface area contributed by atoms with E-state index in [0.717, 1.165) is 9.80 Å². The van der Waals surface area contributed by atoms with E-state index in [9.17, 15) is 53.1 Å². The van der Waals surface area contributed by atoms with E-state index in [4.69, 9.17) is 10.5 Å². The molecular formula is C74H127N15O16. The summed E-state index contributed by atoms with van der Waals surface area (Å²) in [6.07, 6.45) is 4.76. The predicted molar refractivity (Wildman–Crippen MR) is 396 cm³/mol. The van der Waals surface area contributed by atoms with Gasteiger partial charge in [0.2, 0.25) is 70.9 Å². The van der Waals surface area contributed by atoms with Crippen LogP contribution in [0.25, 0.3) is 0 Å². The summed E-state index contributed by atoms with van der Waals surface area (Å²) in [6.45, 7) is 30.1. The first-order valence-electron chi connectivity index (χ1n) is 36.8. The van der Waals surface area contributed by atoms with Crippen molar-refractivity contribution in [3.63, 3.8) is 0 Å². The summed E-state index contributed by atoms with van der Waals surface area (Å²) in [5, 5.41) is 23.3. The van der Waals surface area contributed by atoms with E-state index >= 15 is 19.2 Å². The first-order chi connectivity index (χ1) is 48.7. The molecule has 8 N–H and O–H groups in total. The fourth-order valence-electron chi connectivity index (χ4n) is 12.6. The maximum Gasteiger partial charge on any atom is 0.326 e. The number of hydrogen-bond donors (Lipinski definition) is 7. The van der Waals surface area contributed by atoms with Gasteiger partial charge >= 0.3 is 11.9 Å². The van der Waals surface area contributed by atoms with Crippen LogP contribution in [0.5, 0.6) is 0 Å². The Hall–Kier alpha value is -8.51. The van der Waals surface area contributed by atoms with Crippen molar-refractivity contribution >= 4 is 82.8 Å². The number of allylic oxidation sites excluding steroid dienone is 2. The number of esters is 1. The highest BCUT2D eigenvalue weighted by molar-refractivity contribution is 6.00. The van der Waals surface area contributed by atoms with Gasteiger partial charge in [-0.15, -0.1) is 0 Å². The number of nitrogens with zero attached hydrogens (tertiary/aromatic N) is 9. The quantitative estimate of drug-likeness (QED) is 0.0577. The number of carbonyl (C=O) groups is 14. The molecule has 0 saturated carbocycles. The molecule has 0 aromatic carbocycles. The molecule has 12 amide bonds. The van der Waals surface area contributed by atoms with E-state index in [1.54, 1.807) is 60.6 Å². The summed E-state index contributed by atoms with van der Waals surface area (Å²) in [7, 11) is 9.69. The summed E-state index contributed by atoms with van der Waals surface area (Å²) in [5.41, 5.74) is 5.92. The molecule has 0 aliphatic carbocycles. The lowest BCUT2D eigenvalue weighted by Crippen LogP contribution is -2.64. The summed E-state index contributed by atoms with van der Waals surface area (Å²) in [5.74, 6) is -13.8. The van der Waals surface area contributed by atoms with E-state index in [0.29, 0.717) is 0 Å². The molecule has 105 heavy (non-hydrogen) atoms. The van der Waals surface area contributed by atoms with Crippen LogP contribution in [-0.4, -0.2) is 266 Å². The Kier molecular flexibility index (Phi) is 37.5. The zero-order valence-corrected chi connectivity index (χ0v) is 67.1. The number of likely N-dealkylation sites (N-methyl/N-ethyl adjacent to an activating group) is 7. The van der Waals surface area contributed by atoms with Crippen molar-refractivity contribution in [2.75, 3.05) is 55.9 Å². The van der Waals surface area contributed by atoms with E-state index in [1.807, 2.05) is 55.4 Å². The Balaban J connectivity index is 3.10. The maximum absolute atomic E-state index is 15.8. The van der Waals surface area contributed by atoms with Gasteiger partial charge in [0, 0.05) is 68.5 Å². The lowest BCUT2D eigenvalue weighted by molar-refractivity contribution is -0.165. The number of rotatable bonds is 24. The molecule has 2 heterocycles. The second-order valence-corrected chi connectivity index (χ2v) is 30.8. The lowest BCUT2D eigenvalue weighted by atomic mass is 9.91. The highest BCUT2D eigenvalue weighted by Crippen LogP contribution is 2.28. The second kappa shape index (κ2) is 42.6. The van der Waals surface area contributed by atoms with E-state index in [-0.39, 0.29) is 87.3 Å². The normalized spacial score (nSPS) is 24.5. The number of aliphatic carboxylic acids is 1. The number of ether oxygens (including phenoxy) is 1. The van der Waals surface area contributed by atoms with Crippen molar-refractivity contribution in [3.05, 3.63) is 30.4 Å². The van der Waals surface area contributed by atoms with Gasteiger partial charge in [0.15, 0.2) is 0 Å². The molecule has 31 heteroatoms. The van der Waals surface area contributed by atoms with E-state index < -0.39 is 186 Å². The minimum atomic E-state index is -1.77. The van der Waals surface area contributed by atoms with Gasteiger partial charge in [-0.25, -0.2) is 9.78 Å². The second-order valence-electron chi connectivity index (χ2n) is 30.8. The molecule has 594 valence electrons. The fraction of sp³-hybridized carbons (Fsp3) is 0.743. The van der Waals surface area contributed by atoms with Crippen LogP contribution in [0.15, 0.2) is 24.7 Å². The molecule has 0 bridgehead atoms. The van der Waals surface area contributed by atoms with Crippen molar-refractivity contribution in [2.24, 2.45) is 47.2 Å². The van der Waals surface area contributed by atoms with Gasteiger partial charge in [-0.1, -0.05) is 109 Å². The molecule has 31 nitrogen and oxygen atoms in total. The molecule has 1 saturated heterocycles. The van der Waals surface area contributed by atoms with Gasteiger partial charge in [-0.2, -0.15) is 0 Å². The smallest absolute Gasteiger partial charge is 0.326 e. The van der Waals surface area contributed by atoms with E-state index in [1.165, 1.54) is 112 Å². The van der Waals surface area contributed by atoms with Crippen LogP contribution in [0.4, 0.5) is 0 Å². The lowest BCUT2D eigenvalue weighted by Gasteiger charge is -2.42. The number of nitrogens with one attached hydrogen (secondary N) is 5. The third-order valence-electron chi connectivity index (χ3n) is 19.0. The Morgan fingerprint density at radius 2 is 1.07 bits per heavy atom. The number of carboxylic acid groups (broad SMARTS) is 1. The molecule has 1 fully saturated rings. The summed E-state index contributed by atoms with van der Waals surface area (Å²) >= 11 is 0. The Morgan fingerprint density at radius 1 is 0.590 bits per heavy atom. The Bertz CT molecular complexity index is 3190. The van der Waals surface area contributed by atoms with Crippen molar-refractivity contribution in [1.82, 2.24) is 70.4 Å². The standard InChI is InChI=1S/C74H127N15O16/c1-26-28-29-46(15)62(105-58(91)30-31-89-37-50(76-39-89)36-52(74(103)104)80-63(92)47(16)75)61-67(96)79-51(27-2)69(98)82(19)38-57(90)83(20)53(32-40(3)4)66(95)81-59(44(11)12)72(101)84(21)54(33-41(5)6)65(94)77-48(17)64(93)78-49(18)68(97)85(22)55(34-42(7)8)70(99)86(23)56(35-43(9)10)71(100)87(24)60(45(13)14)73(102)88(61)25/h26,28,37,39-49,51-56,59-62H,27,29-36,38,75H2,1-25H3,(H,77,94)(H,78,93)(H,79,96)(H,80,92)(H,81,95)(H,103,104)/b28-26+/t46-,47?,48+,49-,51+,52?,53+,54+,55+,56+,59+,60+,61+,62-/m1/s1. The highest BCUT2D eigenvalue weighted by Gasteiger charge is 2.47. The number of carbonyl (C=O) groups excluding carboxylic acids is 13. The topological polar surface area (TPSA) is 395 Å². The summed E-state index contributed by atoms with van der Waals surface area (Å²) in [4.78, 5) is 215. The van der Waals surface area contributed by atoms with E-state index in [2.05, 4.69) is 31.6 Å². The van der Waals surface area contributed by atoms with Crippen molar-refractivity contribution in [3.8, 4) is 0 Å². The van der Waals surface area contributed by atoms with Crippen molar-refractivity contribution in [2.45, 2.75) is 261 Å². The first kappa shape index (κ1) is 92.6. The largest absolute Gasteiger partial charge is 0.480 e. The monoisotopic (exact) mass is 1480 g/mol. The van der Waals surface area contributed by atoms with Gasteiger partial charge in [-0.3, -0.25) is 62.3 Å². The average Bonchev–Trinajstić information content (AvgIpc) is 1.10. The van der Waals surface area contributed by atoms with Crippen LogP contribution < -0.4 is 32.3 Å². The SMILES string of the molecule is C/C=C/C[C@@H](C)[C@@H](OC(=O)CCn1cnc(CC(NC(=O)C(C)N)C(=O)O)c1)[C@H]1C(=O)N[C@@H](CC)C(=O)N(C)CC(=O)N(C)[C@@H](CC(C)C)C(=O)N[C@@H](C(C)C)C(=O)N(C)[C@@H](CC(C)C)C(=O)N[C@@H](C)C(=O)N[C@H](C)C(=O)N(C)[C@@H](CC(C)C)C(=O)N(C)[C@@H](CC(C)C)C(=O)N(C)[C@@H](C(C)C)C(=O)N1C. The summed E-state index contributed by atoms with van der Waals surface area (Å²) < 4.78 is 7.85. The number of aromatic nitrogens is 2. The number of nitrogens with two attached hydrogens (primary N) is 1. The minimum absolute atomic E-state index is 0.0695. The van der Waals surface area contributed by atoms with Crippen LogP contribution in [0.3, 0.4) is 0 Å². The fourth-order valence-corrected chi connectivity index (χ4v) is 12.6. The minimum Gasteiger partial charge on any atom is -0.480 e. The van der Waals surface area contributed by atoms with Crippen molar-refractivity contribution in [1.29, 1.82) is 0 Å².